The van der Waals surface area contributed by atoms with Crippen LogP contribution in [0.2, 0.25) is 0 Å². The number of anilines is 1. The van der Waals surface area contributed by atoms with E-state index in [1.165, 1.54) is 0 Å². The third kappa shape index (κ3) is 5.08. The zero-order valence-electron chi connectivity index (χ0n) is 14.0. The Kier molecular flexibility index (Phi) is 7.03. The Labute approximate surface area is 153 Å². The van der Waals surface area contributed by atoms with Gasteiger partial charge in [0.05, 0.1) is 6.04 Å². The minimum atomic E-state index is -0.224. The fourth-order valence-corrected chi connectivity index (χ4v) is 2.74. The molecule has 0 bridgehead atoms. The van der Waals surface area contributed by atoms with Crippen molar-refractivity contribution in [3.63, 3.8) is 0 Å². The summed E-state index contributed by atoms with van der Waals surface area (Å²) >= 11 is 0. The van der Waals surface area contributed by atoms with Crippen LogP contribution in [0.5, 0.6) is 5.75 Å². The van der Waals surface area contributed by atoms with E-state index in [1.807, 2.05) is 29.1 Å². The minimum absolute atomic E-state index is 0. The highest BCUT2D eigenvalue weighted by atomic mass is 35.5. The maximum atomic E-state index is 12.4. The van der Waals surface area contributed by atoms with Crippen molar-refractivity contribution < 1.29 is 9.53 Å². The smallest absolute Gasteiger partial charge is 0.276 e. The molecular weight excluding hydrogens is 340 g/mol. The quantitative estimate of drug-likeness (QED) is 0.775. The fraction of sp³-hybridized carbons (Fsp3) is 0.333. The third-order valence-electron chi connectivity index (χ3n) is 3.95. The van der Waals surface area contributed by atoms with E-state index in [2.05, 4.69) is 22.3 Å². The van der Waals surface area contributed by atoms with Gasteiger partial charge in [-0.05, 0) is 37.6 Å². The van der Waals surface area contributed by atoms with Crippen molar-refractivity contribution in [3.05, 3.63) is 54.9 Å². The number of nitrogens with one attached hydrogen (secondary N) is 2. The number of aromatic nitrogens is 2. The van der Waals surface area contributed by atoms with Crippen molar-refractivity contribution in [3.8, 4) is 5.75 Å². The molecule has 1 aromatic heterocycles. The fourth-order valence-electron chi connectivity index (χ4n) is 2.74. The van der Waals surface area contributed by atoms with Gasteiger partial charge in [0, 0.05) is 24.5 Å². The van der Waals surface area contributed by atoms with Crippen LogP contribution in [0, 0.1) is 0 Å². The van der Waals surface area contributed by atoms with Crippen molar-refractivity contribution in [2.45, 2.75) is 18.9 Å². The van der Waals surface area contributed by atoms with Crippen molar-refractivity contribution in [1.29, 1.82) is 0 Å². The van der Waals surface area contributed by atoms with Crippen LogP contribution < -0.4 is 15.4 Å². The first-order chi connectivity index (χ1) is 11.8. The molecule has 6 nitrogen and oxygen atoms in total. The number of ether oxygens (including phenoxy) is 1. The number of carbonyl (C=O) groups excluding carboxylic acids is 1. The first-order valence-electron chi connectivity index (χ1n) is 8.17. The van der Waals surface area contributed by atoms with Crippen LogP contribution >= 0.6 is 12.4 Å². The van der Waals surface area contributed by atoms with Crippen molar-refractivity contribution >= 4 is 24.0 Å². The molecule has 0 radical (unpaired) electrons. The molecule has 1 aromatic carbocycles. The number of nitrogens with zero attached hydrogens (tertiary/aromatic N) is 2. The van der Waals surface area contributed by atoms with Crippen molar-refractivity contribution in [2.75, 3.05) is 25.0 Å². The molecule has 1 saturated heterocycles. The lowest BCUT2D eigenvalue weighted by molar-refractivity contribution is 0.102. The van der Waals surface area contributed by atoms with E-state index in [1.54, 1.807) is 18.2 Å². The zero-order valence-corrected chi connectivity index (χ0v) is 14.8. The van der Waals surface area contributed by atoms with Gasteiger partial charge in [-0.25, -0.2) is 0 Å². The SMILES string of the molecule is C=CCOc1cccc(NC(=O)c2ccn(C3CCCNC3)n2)c1.Cl. The van der Waals surface area contributed by atoms with Gasteiger partial charge in [-0.15, -0.1) is 12.4 Å². The monoisotopic (exact) mass is 362 g/mol. The van der Waals surface area contributed by atoms with Crippen molar-refractivity contribution in [1.82, 2.24) is 15.1 Å². The molecule has 7 heteroatoms. The second kappa shape index (κ2) is 9.25. The summed E-state index contributed by atoms with van der Waals surface area (Å²) in [5, 5.41) is 10.6. The second-order valence-electron chi connectivity index (χ2n) is 5.76. The van der Waals surface area contributed by atoms with Crippen LogP contribution in [0.25, 0.3) is 0 Å². The summed E-state index contributed by atoms with van der Waals surface area (Å²) in [5.74, 6) is 0.463. The summed E-state index contributed by atoms with van der Waals surface area (Å²) in [6.07, 6.45) is 5.76. The molecule has 1 fully saturated rings. The molecule has 0 spiro atoms. The van der Waals surface area contributed by atoms with Crippen LogP contribution in [0.1, 0.15) is 29.4 Å². The maximum Gasteiger partial charge on any atom is 0.276 e. The third-order valence-corrected chi connectivity index (χ3v) is 3.95. The largest absolute Gasteiger partial charge is 0.489 e. The highest BCUT2D eigenvalue weighted by molar-refractivity contribution is 6.02. The van der Waals surface area contributed by atoms with Gasteiger partial charge in [-0.2, -0.15) is 5.10 Å². The molecule has 25 heavy (non-hydrogen) atoms. The standard InChI is InChI=1S/C18H22N4O2.ClH/c1-2-11-24-16-7-3-5-14(12-16)20-18(23)17-8-10-22(21-17)15-6-4-9-19-13-15;/h2-3,5,7-8,10,12,15,19H,1,4,6,9,11,13H2,(H,20,23);1H. The van der Waals surface area contributed by atoms with Gasteiger partial charge in [0.2, 0.25) is 0 Å². The van der Waals surface area contributed by atoms with Gasteiger partial charge in [-0.3, -0.25) is 9.48 Å². The van der Waals surface area contributed by atoms with E-state index in [9.17, 15) is 4.79 Å². The van der Waals surface area contributed by atoms with Crippen LogP contribution in [-0.2, 0) is 0 Å². The van der Waals surface area contributed by atoms with E-state index in [0.29, 0.717) is 29.8 Å². The average molecular weight is 363 g/mol. The molecule has 3 rings (SSSR count). The predicted octanol–water partition coefficient (Wildman–Crippen LogP) is 3.05. The lowest BCUT2D eigenvalue weighted by Gasteiger charge is -2.22. The Morgan fingerprint density at radius 3 is 3.12 bits per heavy atom. The Hall–Kier alpha value is -2.31. The van der Waals surface area contributed by atoms with Gasteiger partial charge in [-0.1, -0.05) is 18.7 Å². The highest BCUT2D eigenvalue weighted by Crippen LogP contribution is 2.19. The molecule has 2 heterocycles. The summed E-state index contributed by atoms with van der Waals surface area (Å²) < 4.78 is 7.35. The lowest BCUT2D eigenvalue weighted by atomic mass is 10.1. The van der Waals surface area contributed by atoms with E-state index < -0.39 is 0 Å². The first kappa shape index (κ1) is 19.0. The number of benzene rings is 1. The number of carbonyl (C=O) groups is 1. The molecule has 1 unspecified atom stereocenters. The lowest BCUT2D eigenvalue weighted by Crippen LogP contribution is -2.32. The second-order valence-corrected chi connectivity index (χ2v) is 5.76. The zero-order chi connectivity index (χ0) is 16.8. The maximum absolute atomic E-state index is 12.4. The van der Waals surface area contributed by atoms with Gasteiger partial charge < -0.3 is 15.4 Å². The topological polar surface area (TPSA) is 68.2 Å². The normalized spacial score (nSPS) is 16.6. The van der Waals surface area contributed by atoms with Gasteiger partial charge in [0.1, 0.15) is 12.4 Å². The summed E-state index contributed by atoms with van der Waals surface area (Å²) in [4.78, 5) is 12.4. The Balaban J connectivity index is 0.00000225. The van der Waals surface area contributed by atoms with Gasteiger partial charge in [0.15, 0.2) is 5.69 Å². The first-order valence-corrected chi connectivity index (χ1v) is 8.17. The molecule has 1 aliphatic heterocycles. The van der Waals surface area contributed by atoms with Crippen LogP contribution in [0.15, 0.2) is 49.2 Å². The van der Waals surface area contributed by atoms with E-state index in [-0.39, 0.29) is 18.3 Å². The molecule has 2 aromatic rings. The number of hydrogen-bond acceptors (Lipinski definition) is 4. The van der Waals surface area contributed by atoms with Crippen molar-refractivity contribution in [2.24, 2.45) is 0 Å². The molecule has 1 amide bonds. The van der Waals surface area contributed by atoms with Crippen LogP contribution in [-0.4, -0.2) is 35.4 Å². The molecule has 0 aliphatic carbocycles. The summed E-state index contributed by atoms with van der Waals surface area (Å²) in [6, 6.07) is 9.34. The number of hydrogen-bond donors (Lipinski definition) is 2. The highest BCUT2D eigenvalue weighted by Gasteiger charge is 2.17. The molecule has 0 saturated carbocycles. The molecule has 2 N–H and O–H groups in total. The Bertz CT molecular complexity index is 711. The number of amides is 1. The molecule has 1 atom stereocenters. The molecule has 1 aliphatic rings. The van der Waals surface area contributed by atoms with E-state index in [0.717, 1.165) is 25.9 Å². The van der Waals surface area contributed by atoms with Crippen LogP contribution in [0.3, 0.4) is 0 Å². The number of piperidine rings is 1. The minimum Gasteiger partial charge on any atom is -0.489 e. The molecule has 134 valence electrons. The summed E-state index contributed by atoms with van der Waals surface area (Å²) in [7, 11) is 0. The number of rotatable bonds is 6. The average Bonchev–Trinajstić information content (AvgIpc) is 3.11. The van der Waals surface area contributed by atoms with E-state index >= 15 is 0 Å². The molecular formula is C18H23ClN4O2. The van der Waals surface area contributed by atoms with Gasteiger partial charge >= 0.3 is 0 Å². The van der Waals surface area contributed by atoms with Gasteiger partial charge in [0.25, 0.3) is 5.91 Å². The Morgan fingerprint density at radius 1 is 1.48 bits per heavy atom. The Morgan fingerprint density at radius 2 is 2.36 bits per heavy atom. The van der Waals surface area contributed by atoms with E-state index in [4.69, 9.17) is 4.74 Å². The predicted molar refractivity (Wildman–Crippen MR) is 101 cm³/mol. The van der Waals surface area contributed by atoms with Crippen LogP contribution in [0.4, 0.5) is 5.69 Å². The summed E-state index contributed by atoms with van der Waals surface area (Å²) in [5.41, 5.74) is 1.09. The summed E-state index contributed by atoms with van der Waals surface area (Å²) in [6.45, 7) is 5.99. The number of halogens is 1.